The van der Waals surface area contributed by atoms with Crippen molar-refractivity contribution in [1.29, 1.82) is 0 Å². The molecule has 4 nitrogen and oxygen atoms in total. The first-order valence-corrected chi connectivity index (χ1v) is 6.80. The fourth-order valence-electron chi connectivity index (χ4n) is 2.34. The van der Waals surface area contributed by atoms with Gasteiger partial charge in [0.15, 0.2) is 0 Å². The minimum Gasteiger partial charge on any atom is -0.376 e. The molecule has 1 N–H and O–H groups in total. The fraction of sp³-hybridized carbons (Fsp3) is 0.643. The Morgan fingerprint density at radius 2 is 2.39 bits per heavy atom. The van der Waals surface area contributed by atoms with Gasteiger partial charge in [-0.25, -0.2) is 4.98 Å². The highest BCUT2D eigenvalue weighted by molar-refractivity contribution is 5.39. The molecule has 0 radical (unpaired) electrons. The zero-order valence-corrected chi connectivity index (χ0v) is 11.4. The SMILES string of the molecule is CCN(CC1CCCO1)c1cccc(CNC)n1. The third-order valence-electron chi connectivity index (χ3n) is 3.30. The Bertz CT molecular complexity index is 364. The van der Waals surface area contributed by atoms with Gasteiger partial charge in [0.1, 0.15) is 5.82 Å². The van der Waals surface area contributed by atoms with Crippen LogP contribution in [0.15, 0.2) is 18.2 Å². The van der Waals surface area contributed by atoms with Crippen molar-refractivity contribution in [2.45, 2.75) is 32.4 Å². The van der Waals surface area contributed by atoms with Crippen molar-refractivity contribution in [2.24, 2.45) is 0 Å². The summed E-state index contributed by atoms with van der Waals surface area (Å²) in [6.45, 7) is 5.81. The zero-order chi connectivity index (χ0) is 12.8. The van der Waals surface area contributed by atoms with E-state index < -0.39 is 0 Å². The lowest BCUT2D eigenvalue weighted by Gasteiger charge is -2.25. The van der Waals surface area contributed by atoms with Gasteiger partial charge in [0.05, 0.1) is 11.8 Å². The van der Waals surface area contributed by atoms with Crippen LogP contribution in [0.2, 0.25) is 0 Å². The summed E-state index contributed by atoms with van der Waals surface area (Å²) in [6, 6.07) is 6.21. The highest BCUT2D eigenvalue weighted by Crippen LogP contribution is 2.17. The average molecular weight is 249 g/mol. The van der Waals surface area contributed by atoms with Gasteiger partial charge in [-0.1, -0.05) is 6.07 Å². The van der Waals surface area contributed by atoms with E-state index in [1.165, 1.54) is 12.8 Å². The van der Waals surface area contributed by atoms with Crippen molar-refractivity contribution in [2.75, 3.05) is 31.6 Å². The molecule has 1 fully saturated rings. The van der Waals surface area contributed by atoms with Crippen LogP contribution in [0.4, 0.5) is 5.82 Å². The number of hydrogen-bond donors (Lipinski definition) is 1. The summed E-state index contributed by atoms with van der Waals surface area (Å²) < 4.78 is 5.70. The Kier molecular flexibility index (Phi) is 4.96. The summed E-state index contributed by atoms with van der Waals surface area (Å²) in [6.07, 6.45) is 2.74. The highest BCUT2D eigenvalue weighted by Gasteiger charge is 2.19. The maximum Gasteiger partial charge on any atom is 0.128 e. The first kappa shape index (κ1) is 13.3. The van der Waals surface area contributed by atoms with E-state index in [1.54, 1.807) is 0 Å². The van der Waals surface area contributed by atoms with E-state index in [2.05, 4.69) is 40.3 Å². The summed E-state index contributed by atoms with van der Waals surface area (Å²) in [5.41, 5.74) is 1.08. The van der Waals surface area contributed by atoms with Crippen LogP contribution in [0.25, 0.3) is 0 Å². The number of likely N-dealkylation sites (N-methyl/N-ethyl adjacent to an activating group) is 1. The predicted octanol–water partition coefficient (Wildman–Crippen LogP) is 1.81. The van der Waals surface area contributed by atoms with Gasteiger partial charge in [0, 0.05) is 26.2 Å². The summed E-state index contributed by atoms with van der Waals surface area (Å²) >= 11 is 0. The topological polar surface area (TPSA) is 37.4 Å². The third-order valence-corrected chi connectivity index (χ3v) is 3.30. The maximum atomic E-state index is 5.70. The molecule has 1 aliphatic heterocycles. The van der Waals surface area contributed by atoms with Crippen molar-refractivity contribution in [1.82, 2.24) is 10.3 Å². The van der Waals surface area contributed by atoms with E-state index in [1.807, 2.05) is 7.05 Å². The summed E-state index contributed by atoms with van der Waals surface area (Å²) in [5.74, 6) is 1.06. The van der Waals surface area contributed by atoms with Gasteiger partial charge in [-0.05, 0) is 38.9 Å². The number of nitrogens with zero attached hydrogens (tertiary/aromatic N) is 2. The summed E-state index contributed by atoms with van der Waals surface area (Å²) in [5, 5.41) is 3.14. The molecule has 0 bridgehead atoms. The zero-order valence-electron chi connectivity index (χ0n) is 11.4. The molecule has 1 aromatic rings. The van der Waals surface area contributed by atoms with Crippen molar-refractivity contribution in [3.63, 3.8) is 0 Å². The third kappa shape index (κ3) is 3.43. The predicted molar refractivity (Wildman–Crippen MR) is 73.9 cm³/mol. The quantitative estimate of drug-likeness (QED) is 0.834. The standard InChI is InChI=1S/C14H23N3O/c1-3-17(11-13-7-5-9-18-13)14-8-4-6-12(16-14)10-15-2/h4,6,8,13,15H,3,5,7,9-11H2,1-2H3. The van der Waals surface area contributed by atoms with Crippen molar-refractivity contribution in [3.8, 4) is 0 Å². The van der Waals surface area contributed by atoms with Gasteiger partial charge in [-0.3, -0.25) is 0 Å². The van der Waals surface area contributed by atoms with Crippen LogP contribution in [-0.2, 0) is 11.3 Å². The van der Waals surface area contributed by atoms with E-state index in [0.717, 1.165) is 37.8 Å². The smallest absolute Gasteiger partial charge is 0.128 e. The Morgan fingerprint density at radius 3 is 3.06 bits per heavy atom. The monoisotopic (exact) mass is 249 g/mol. The van der Waals surface area contributed by atoms with Crippen molar-refractivity contribution < 1.29 is 4.74 Å². The van der Waals surface area contributed by atoms with Crippen LogP contribution in [-0.4, -0.2) is 37.8 Å². The van der Waals surface area contributed by atoms with Crippen molar-refractivity contribution >= 4 is 5.82 Å². The Balaban J connectivity index is 2.03. The second-order valence-corrected chi connectivity index (χ2v) is 4.69. The van der Waals surface area contributed by atoms with Crippen LogP contribution < -0.4 is 10.2 Å². The van der Waals surface area contributed by atoms with Gasteiger partial charge in [0.2, 0.25) is 0 Å². The van der Waals surface area contributed by atoms with E-state index in [0.29, 0.717) is 6.10 Å². The minimum atomic E-state index is 0.375. The van der Waals surface area contributed by atoms with Gasteiger partial charge in [0.25, 0.3) is 0 Å². The van der Waals surface area contributed by atoms with Gasteiger partial charge < -0.3 is 15.0 Å². The van der Waals surface area contributed by atoms with Crippen LogP contribution in [0.1, 0.15) is 25.5 Å². The van der Waals surface area contributed by atoms with Gasteiger partial charge in [-0.15, -0.1) is 0 Å². The number of rotatable bonds is 6. The second-order valence-electron chi connectivity index (χ2n) is 4.69. The Morgan fingerprint density at radius 1 is 1.50 bits per heavy atom. The van der Waals surface area contributed by atoms with E-state index in [-0.39, 0.29) is 0 Å². The molecule has 1 aromatic heterocycles. The molecule has 0 saturated carbocycles. The van der Waals surface area contributed by atoms with Gasteiger partial charge in [-0.2, -0.15) is 0 Å². The molecule has 1 atom stereocenters. The molecule has 4 heteroatoms. The molecular formula is C14H23N3O. The summed E-state index contributed by atoms with van der Waals surface area (Å²) in [7, 11) is 1.94. The molecule has 1 saturated heterocycles. The number of nitrogens with one attached hydrogen (secondary N) is 1. The highest BCUT2D eigenvalue weighted by atomic mass is 16.5. The van der Waals surface area contributed by atoms with E-state index in [9.17, 15) is 0 Å². The number of ether oxygens (including phenoxy) is 1. The number of aromatic nitrogens is 1. The average Bonchev–Trinajstić information content (AvgIpc) is 2.89. The molecule has 1 aliphatic rings. The molecule has 18 heavy (non-hydrogen) atoms. The molecular weight excluding hydrogens is 226 g/mol. The second kappa shape index (κ2) is 6.71. The minimum absolute atomic E-state index is 0.375. The number of hydrogen-bond acceptors (Lipinski definition) is 4. The Labute approximate surface area is 109 Å². The number of anilines is 1. The fourth-order valence-corrected chi connectivity index (χ4v) is 2.34. The lowest BCUT2D eigenvalue weighted by molar-refractivity contribution is 0.115. The largest absolute Gasteiger partial charge is 0.376 e. The van der Waals surface area contributed by atoms with E-state index >= 15 is 0 Å². The van der Waals surface area contributed by atoms with Gasteiger partial charge >= 0.3 is 0 Å². The lowest BCUT2D eigenvalue weighted by atomic mass is 10.2. The molecule has 0 aliphatic carbocycles. The lowest BCUT2D eigenvalue weighted by Crippen LogP contribution is -2.32. The normalized spacial score (nSPS) is 19.1. The first-order chi connectivity index (χ1) is 8.83. The molecule has 2 rings (SSSR count). The maximum absolute atomic E-state index is 5.70. The van der Waals surface area contributed by atoms with Crippen molar-refractivity contribution in [3.05, 3.63) is 23.9 Å². The molecule has 0 spiro atoms. The van der Waals surface area contributed by atoms with Crippen LogP contribution >= 0.6 is 0 Å². The van der Waals surface area contributed by atoms with Crippen LogP contribution in [0.5, 0.6) is 0 Å². The Hall–Kier alpha value is -1.13. The summed E-state index contributed by atoms with van der Waals surface area (Å²) in [4.78, 5) is 6.98. The van der Waals surface area contributed by atoms with Crippen LogP contribution in [0, 0.1) is 0 Å². The molecule has 100 valence electrons. The molecule has 2 heterocycles. The number of pyridine rings is 1. The van der Waals surface area contributed by atoms with E-state index in [4.69, 9.17) is 4.74 Å². The molecule has 0 aromatic carbocycles. The van der Waals surface area contributed by atoms with Crippen LogP contribution in [0.3, 0.4) is 0 Å². The molecule has 1 unspecified atom stereocenters. The first-order valence-electron chi connectivity index (χ1n) is 6.80. The molecule has 0 amide bonds.